The fourth-order valence-corrected chi connectivity index (χ4v) is 1.97. The summed E-state index contributed by atoms with van der Waals surface area (Å²) in [7, 11) is 3.51. The minimum atomic E-state index is 0.101. The van der Waals surface area contributed by atoms with E-state index in [1.54, 1.807) is 25.2 Å². The van der Waals surface area contributed by atoms with Crippen LogP contribution in [0.15, 0.2) is 30.5 Å². The van der Waals surface area contributed by atoms with Crippen LogP contribution < -0.4 is 5.32 Å². The lowest BCUT2D eigenvalue weighted by atomic mass is 10.2. The molecule has 0 bridgehead atoms. The van der Waals surface area contributed by atoms with E-state index in [9.17, 15) is 4.79 Å². The van der Waals surface area contributed by atoms with Crippen LogP contribution in [0.1, 0.15) is 6.42 Å². The molecule has 0 radical (unpaired) electrons. The molecule has 0 spiro atoms. The predicted molar refractivity (Wildman–Crippen MR) is 78.6 cm³/mol. The quantitative estimate of drug-likeness (QED) is 0.935. The number of fused-ring (bicyclic) bond motifs is 1. The Bertz CT molecular complexity index is 598. The van der Waals surface area contributed by atoms with Gasteiger partial charge in [0.05, 0.1) is 5.52 Å². The lowest BCUT2D eigenvalue weighted by molar-refractivity contribution is -0.128. The van der Waals surface area contributed by atoms with E-state index in [0.29, 0.717) is 18.0 Å². The zero-order valence-electron chi connectivity index (χ0n) is 11.0. The van der Waals surface area contributed by atoms with Crippen molar-refractivity contribution < 1.29 is 4.79 Å². The van der Waals surface area contributed by atoms with Gasteiger partial charge in [-0.2, -0.15) is 0 Å². The van der Waals surface area contributed by atoms with Gasteiger partial charge in [0.25, 0.3) is 0 Å². The highest BCUT2D eigenvalue weighted by Gasteiger charge is 2.05. The van der Waals surface area contributed by atoms with Gasteiger partial charge in [-0.1, -0.05) is 11.6 Å². The second kappa shape index (κ2) is 5.89. The molecular weight excluding hydrogens is 262 g/mol. The molecule has 1 N–H and O–H groups in total. The topological polar surface area (TPSA) is 45.2 Å². The van der Waals surface area contributed by atoms with Crippen molar-refractivity contribution in [2.45, 2.75) is 6.42 Å². The number of benzene rings is 1. The Morgan fingerprint density at radius 3 is 2.89 bits per heavy atom. The van der Waals surface area contributed by atoms with Crippen LogP contribution in [0.4, 0.5) is 5.69 Å². The maximum absolute atomic E-state index is 11.5. The molecule has 0 saturated carbocycles. The van der Waals surface area contributed by atoms with Crippen molar-refractivity contribution in [1.82, 2.24) is 9.88 Å². The van der Waals surface area contributed by atoms with Gasteiger partial charge < -0.3 is 10.2 Å². The van der Waals surface area contributed by atoms with E-state index >= 15 is 0 Å². The lowest BCUT2D eigenvalue weighted by Crippen LogP contribution is -2.23. The Morgan fingerprint density at radius 2 is 2.16 bits per heavy atom. The first-order valence-electron chi connectivity index (χ1n) is 6.06. The zero-order chi connectivity index (χ0) is 13.8. The van der Waals surface area contributed by atoms with Crippen LogP contribution in [0.25, 0.3) is 10.9 Å². The third-order valence-electron chi connectivity index (χ3n) is 2.86. The summed E-state index contributed by atoms with van der Waals surface area (Å²) in [4.78, 5) is 17.4. The SMILES string of the molecule is CN(C)C(=O)CCNc1ccnc2ccc(Cl)cc12. The number of nitrogens with zero attached hydrogens (tertiary/aromatic N) is 2. The molecule has 1 aromatic heterocycles. The number of carbonyl (C=O) groups is 1. The number of hydrogen-bond acceptors (Lipinski definition) is 3. The smallest absolute Gasteiger partial charge is 0.223 e. The van der Waals surface area contributed by atoms with Crippen LogP contribution in [0, 0.1) is 0 Å². The van der Waals surface area contributed by atoms with E-state index in [0.717, 1.165) is 16.6 Å². The van der Waals surface area contributed by atoms with Crippen molar-refractivity contribution in [3.8, 4) is 0 Å². The van der Waals surface area contributed by atoms with Crippen LogP contribution in [0.5, 0.6) is 0 Å². The van der Waals surface area contributed by atoms with Gasteiger partial charge in [-0.15, -0.1) is 0 Å². The number of pyridine rings is 1. The van der Waals surface area contributed by atoms with Gasteiger partial charge in [0.15, 0.2) is 0 Å². The van der Waals surface area contributed by atoms with E-state index in [2.05, 4.69) is 10.3 Å². The van der Waals surface area contributed by atoms with Gasteiger partial charge in [0, 0.05) is 49.4 Å². The fourth-order valence-electron chi connectivity index (χ4n) is 1.80. The molecule has 0 aliphatic heterocycles. The number of amides is 1. The van der Waals surface area contributed by atoms with Gasteiger partial charge >= 0.3 is 0 Å². The molecule has 2 aromatic rings. The van der Waals surface area contributed by atoms with Crippen molar-refractivity contribution in [1.29, 1.82) is 0 Å². The van der Waals surface area contributed by atoms with Crippen LogP contribution in [-0.4, -0.2) is 36.4 Å². The first-order chi connectivity index (χ1) is 9.08. The van der Waals surface area contributed by atoms with E-state index in [4.69, 9.17) is 11.6 Å². The van der Waals surface area contributed by atoms with E-state index in [1.807, 2.05) is 24.3 Å². The van der Waals surface area contributed by atoms with Crippen molar-refractivity contribution in [2.24, 2.45) is 0 Å². The van der Waals surface area contributed by atoms with Gasteiger partial charge in [-0.05, 0) is 24.3 Å². The summed E-state index contributed by atoms with van der Waals surface area (Å²) in [5.41, 5.74) is 1.83. The number of rotatable bonds is 4. The van der Waals surface area contributed by atoms with Gasteiger partial charge in [0.2, 0.25) is 5.91 Å². The Balaban J connectivity index is 2.12. The van der Waals surface area contributed by atoms with Crippen molar-refractivity contribution in [3.63, 3.8) is 0 Å². The molecule has 0 fully saturated rings. The van der Waals surface area contributed by atoms with Crippen LogP contribution >= 0.6 is 11.6 Å². The second-order valence-electron chi connectivity index (χ2n) is 4.48. The van der Waals surface area contributed by atoms with Crippen LogP contribution in [-0.2, 0) is 4.79 Å². The molecule has 1 heterocycles. The van der Waals surface area contributed by atoms with E-state index < -0.39 is 0 Å². The molecule has 5 heteroatoms. The van der Waals surface area contributed by atoms with E-state index in [1.165, 1.54) is 0 Å². The summed E-state index contributed by atoms with van der Waals surface area (Å²) < 4.78 is 0. The van der Waals surface area contributed by atoms with Crippen LogP contribution in [0.3, 0.4) is 0 Å². The third kappa shape index (κ3) is 3.35. The van der Waals surface area contributed by atoms with Gasteiger partial charge in [0.1, 0.15) is 0 Å². The standard InChI is InChI=1S/C14H16ClN3O/c1-18(2)14(19)6-8-17-13-5-7-16-12-4-3-10(15)9-11(12)13/h3-5,7,9H,6,8H2,1-2H3,(H,16,17). The highest BCUT2D eigenvalue weighted by Crippen LogP contribution is 2.24. The fraction of sp³-hybridized carbons (Fsp3) is 0.286. The molecule has 0 unspecified atom stereocenters. The molecule has 4 nitrogen and oxygen atoms in total. The number of nitrogens with one attached hydrogen (secondary N) is 1. The summed E-state index contributed by atoms with van der Waals surface area (Å²) in [6, 6.07) is 7.46. The maximum Gasteiger partial charge on any atom is 0.223 e. The van der Waals surface area contributed by atoms with Crippen molar-refractivity contribution in [3.05, 3.63) is 35.5 Å². The monoisotopic (exact) mass is 277 g/mol. The molecule has 1 amide bonds. The third-order valence-corrected chi connectivity index (χ3v) is 3.09. The molecular formula is C14H16ClN3O. The van der Waals surface area contributed by atoms with Gasteiger partial charge in [-0.25, -0.2) is 0 Å². The molecule has 19 heavy (non-hydrogen) atoms. The molecule has 100 valence electrons. The largest absolute Gasteiger partial charge is 0.384 e. The number of aromatic nitrogens is 1. The summed E-state index contributed by atoms with van der Waals surface area (Å²) >= 11 is 6.00. The van der Waals surface area contributed by atoms with Crippen LogP contribution in [0.2, 0.25) is 5.02 Å². The lowest BCUT2D eigenvalue weighted by Gasteiger charge is -2.12. The van der Waals surface area contributed by atoms with Gasteiger partial charge in [-0.3, -0.25) is 9.78 Å². The minimum Gasteiger partial charge on any atom is -0.384 e. The summed E-state index contributed by atoms with van der Waals surface area (Å²) in [5, 5.41) is 4.89. The molecule has 0 saturated heterocycles. The number of anilines is 1. The highest BCUT2D eigenvalue weighted by atomic mass is 35.5. The Labute approximate surface area is 117 Å². The average Bonchev–Trinajstić information content (AvgIpc) is 2.39. The Morgan fingerprint density at radius 1 is 1.37 bits per heavy atom. The summed E-state index contributed by atoms with van der Waals surface area (Å²) in [5.74, 6) is 0.101. The number of carbonyl (C=O) groups excluding carboxylic acids is 1. The average molecular weight is 278 g/mol. The van der Waals surface area contributed by atoms with Crippen molar-refractivity contribution >= 4 is 34.1 Å². The first kappa shape index (κ1) is 13.6. The van der Waals surface area contributed by atoms with E-state index in [-0.39, 0.29) is 5.91 Å². The molecule has 0 aliphatic rings. The Kier molecular flexibility index (Phi) is 4.22. The predicted octanol–water partition coefficient (Wildman–Crippen LogP) is 2.78. The Hall–Kier alpha value is -1.81. The number of halogens is 1. The molecule has 0 atom stereocenters. The summed E-state index contributed by atoms with van der Waals surface area (Å²) in [6.07, 6.45) is 2.20. The molecule has 0 aliphatic carbocycles. The zero-order valence-corrected chi connectivity index (χ0v) is 11.7. The first-order valence-corrected chi connectivity index (χ1v) is 6.44. The molecule has 1 aromatic carbocycles. The highest BCUT2D eigenvalue weighted by molar-refractivity contribution is 6.31. The summed E-state index contributed by atoms with van der Waals surface area (Å²) in [6.45, 7) is 0.586. The number of hydrogen-bond donors (Lipinski definition) is 1. The van der Waals surface area contributed by atoms with Crippen molar-refractivity contribution in [2.75, 3.05) is 26.0 Å². The maximum atomic E-state index is 11.5. The normalized spacial score (nSPS) is 10.5. The second-order valence-corrected chi connectivity index (χ2v) is 4.92. The minimum absolute atomic E-state index is 0.101. The molecule has 2 rings (SSSR count).